The summed E-state index contributed by atoms with van der Waals surface area (Å²) in [6.07, 6.45) is 7.22. The van der Waals surface area contributed by atoms with Crippen molar-refractivity contribution in [2.24, 2.45) is 0 Å². The van der Waals surface area contributed by atoms with E-state index < -0.39 is 0 Å². The van der Waals surface area contributed by atoms with Gasteiger partial charge in [-0.15, -0.1) is 0 Å². The number of nitrogens with one attached hydrogen (secondary N) is 1. The maximum Gasteiger partial charge on any atom is 0.0986 e. The van der Waals surface area contributed by atoms with Gasteiger partial charge >= 0.3 is 0 Å². The SMILES string of the molecule is CN1CCC(n2nc(-c3cccnc3)c3c2CCNC3)CC1. The highest BCUT2D eigenvalue weighted by molar-refractivity contribution is 5.63. The molecule has 0 atom stereocenters. The van der Waals surface area contributed by atoms with Gasteiger partial charge in [-0.1, -0.05) is 0 Å². The maximum atomic E-state index is 5.03. The third-order valence-electron chi connectivity index (χ3n) is 4.93. The van der Waals surface area contributed by atoms with Crippen LogP contribution in [0.1, 0.15) is 30.1 Å². The number of likely N-dealkylation sites (tertiary alicyclic amines) is 1. The molecule has 116 valence electrons. The normalized spacial score (nSPS) is 20.0. The Labute approximate surface area is 131 Å². The molecule has 22 heavy (non-hydrogen) atoms. The first-order valence-corrected chi connectivity index (χ1v) is 8.23. The van der Waals surface area contributed by atoms with E-state index >= 15 is 0 Å². The predicted molar refractivity (Wildman–Crippen MR) is 86.6 cm³/mol. The Hall–Kier alpha value is -1.72. The second-order valence-corrected chi connectivity index (χ2v) is 6.42. The van der Waals surface area contributed by atoms with Crippen LogP contribution in [0, 0.1) is 0 Å². The molecule has 2 aromatic rings. The highest BCUT2D eigenvalue weighted by atomic mass is 15.3. The van der Waals surface area contributed by atoms with E-state index in [0.717, 1.165) is 30.8 Å². The smallest absolute Gasteiger partial charge is 0.0986 e. The molecule has 5 heteroatoms. The molecule has 0 aromatic carbocycles. The van der Waals surface area contributed by atoms with Crippen molar-refractivity contribution in [2.45, 2.75) is 31.8 Å². The lowest BCUT2D eigenvalue weighted by atomic mass is 10.0. The van der Waals surface area contributed by atoms with Gasteiger partial charge in [-0.05, 0) is 45.1 Å². The lowest BCUT2D eigenvalue weighted by molar-refractivity contribution is 0.209. The van der Waals surface area contributed by atoms with Gasteiger partial charge in [0.1, 0.15) is 0 Å². The zero-order valence-corrected chi connectivity index (χ0v) is 13.1. The molecule has 0 saturated carbocycles. The quantitative estimate of drug-likeness (QED) is 0.919. The van der Waals surface area contributed by atoms with E-state index in [4.69, 9.17) is 5.10 Å². The number of aromatic nitrogens is 3. The van der Waals surface area contributed by atoms with Gasteiger partial charge in [0.05, 0.1) is 11.7 Å². The molecule has 0 unspecified atom stereocenters. The van der Waals surface area contributed by atoms with Gasteiger partial charge in [0.2, 0.25) is 0 Å². The summed E-state index contributed by atoms with van der Waals surface area (Å²) in [6, 6.07) is 4.66. The average Bonchev–Trinajstić information content (AvgIpc) is 2.96. The number of hydrogen-bond acceptors (Lipinski definition) is 4. The van der Waals surface area contributed by atoms with Gasteiger partial charge in [-0.2, -0.15) is 5.10 Å². The minimum Gasteiger partial charge on any atom is -0.312 e. The van der Waals surface area contributed by atoms with Crippen molar-refractivity contribution in [1.29, 1.82) is 0 Å². The lowest BCUT2D eigenvalue weighted by Gasteiger charge is -2.30. The van der Waals surface area contributed by atoms with Crippen LogP contribution in [0.5, 0.6) is 0 Å². The maximum absolute atomic E-state index is 5.03. The molecule has 0 spiro atoms. The van der Waals surface area contributed by atoms with E-state index in [2.05, 4.69) is 33.0 Å². The molecule has 2 aromatic heterocycles. The van der Waals surface area contributed by atoms with Gasteiger partial charge in [-0.3, -0.25) is 9.67 Å². The summed E-state index contributed by atoms with van der Waals surface area (Å²) in [6.45, 7) is 4.31. The number of nitrogens with zero attached hydrogens (tertiary/aromatic N) is 4. The largest absolute Gasteiger partial charge is 0.312 e. The number of pyridine rings is 1. The monoisotopic (exact) mass is 297 g/mol. The molecular formula is C17H23N5. The molecule has 2 aliphatic rings. The zero-order chi connectivity index (χ0) is 14.9. The average molecular weight is 297 g/mol. The Morgan fingerprint density at radius 2 is 2.14 bits per heavy atom. The first kappa shape index (κ1) is 13.9. The highest BCUT2D eigenvalue weighted by Crippen LogP contribution is 2.32. The molecule has 1 N–H and O–H groups in total. The Balaban J connectivity index is 1.74. The second-order valence-electron chi connectivity index (χ2n) is 6.42. The first-order chi connectivity index (χ1) is 10.8. The summed E-state index contributed by atoms with van der Waals surface area (Å²) in [5, 5.41) is 8.52. The molecule has 0 amide bonds. The van der Waals surface area contributed by atoms with Crippen molar-refractivity contribution in [3.8, 4) is 11.3 Å². The van der Waals surface area contributed by atoms with Crippen LogP contribution in [0.15, 0.2) is 24.5 Å². The van der Waals surface area contributed by atoms with E-state index in [1.54, 1.807) is 0 Å². The fourth-order valence-electron chi connectivity index (χ4n) is 3.65. The summed E-state index contributed by atoms with van der Waals surface area (Å²) in [5.41, 5.74) is 5.06. The van der Waals surface area contributed by atoms with Crippen LogP contribution in [0.3, 0.4) is 0 Å². The summed E-state index contributed by atoms with van der Waals surface area (Å²) < 4.78 is 2.34. The fourth-order valence-corrected chi connectivity index (χ4v) is 3.65. The molecule has 0 radical (unpaired) electrons. The molecular weight excluding hydrogens is 274 g/mol. The number of rotatable bonds is 2. The third kappa shape index (κ3) is 2.44. The Morgan fingerprint density at radius 3 is 2.91 bits per heavy atom. The minimum atomic E-state index is 0.550. The Bertz CT molecular complexity index is 641. The fraction of sp³-hybridized carbons (Fsp3) is 0.529. The number of piperidine rings is 1. The van der Waals surface area contributed by atoms with Crippen molar-refractivity contribution < 1.29 is 0 Å². The van der Waals surface area contributed by atoms with Crippen LogP contribution in [0.4, 0.5) is 0 Å². The van der Waals surface area contributed by atoms with Crippen molar-refractivity contribution in [1.82, 2.24) is 25.0 Å². The van der Waals surface area contributed by atoms with Crippen LogP contribution in [0.25, 0.3) is 11.3 Å². The number of hydrogen-bond donors (Lipinski definition) is 1. The van der Waals surface area contributed by atoms with Crippen LogP contribution < -0.4 is 5.32 Å². The van der Waals surface area contributed by atoms with E-state index in [-0.39, 0.29) is 0 Å². The molecule has 1 fully saturated rings. The van der Waals surface area contributed by atoms with Gasteiger partial charge in [-0.25, -0.2) is 0 Å². The molecule has 0 aliphatic carbocycles. The second kappa shape index (κ2) is 5.82. The van der Waals surface area contributed by atoms with Gasteiger partial charge in [0.15, 0.2) is 0 Å². The Kier molecular flexibility index (Phi) is 3.68. The van der Waals surface area contributed by atoms with Crippen molar-refractivity contribution in [2.75, 3.05) is 26.7 Å². The standard InChI is InChI=1S/C17H23N5/c1-21-9-5-14(6-10-21)22-16-4-8-19-12-15(16)17(20-22)13-3-2-7-18-11-13/h2-3,7,11,14,19H,4-6,8-10,12H2,1H3. The first-order valence-electron chi connectivity index (χ1n) is 8.23. The van der Waals surface area contributed by atoms with Gasteiger partial charge in [0.25, 0.3) is 0 Å². The minimum absolute atomic E-state index is 0.550. The van der Waals surface area contributed by atoms with Crippen LogP contribution in [-0.2, 0) is 13.0 Å². The Morgan fingerprint density at radius 1 is 1.27 bits per heavy atom. The predicted octanol–water partition coefficient (Wildman–Crippen LogP) is 1.86. The summed E-state index contributed by atoms with van der Waals surface area (Å²) in [5.74, 6) is 0. The molecule has 4 heterocycles. The topological polar surface area (TPSA) is 46.0 Å². The van der Waals surface area contributed by atoms with Crippen molar-refractivity contribution in [3.05, 3.63) is 35.8 Å². The van der Waals surface area contributed by atoms with Crippen molar-refractivity contribution >= 4 is 0 Å². The summed E-state index contributed by atoms with van der Waals surface area (Å²) in [4.78, 5) is 6.68. The molecule has 1 saturated heterocycles. The van der Waals surface area contributed by atoms with Crippen LogP contribution >= 0.6 is 0 Å². The van der Waals surface area contributed by atoms with E-state index in [1.165, 1.54) is 37.2 Å². The lowest BCUT2D eigenvalue weighted by Crippen LogP contribution is -2.33. The summed E-state index contributed by atoms with van der Waals surface area (Å²) in [7, 11) is 2.21. The van der Waals surface area contributed by atoms with E-state index in [0.29, 0.717) is 6.04 Å². The van der Waals surface area contributed by atoms with Gasteiger partial charge in [0, 0.05) is 48.7 Å². The van der Waals surface area contributed by atoms with E-state index in [9.17, 15) is 0 Å². The van der Waals surface area contributed by atoms with Crippen LogP contribution in [-0.4, -0.2) is 46.3 Å². The van der Waals surface area contributed by atoms with Crippen LogP contribution in [0.2, 0.25) is 0 Å². The van der Waals surface area contributed by atoms with E-state index in [1.807, 2.05) is 18.5 Å². The number of fused-ring (bicyclic) bond motifs is 1. The zero-order valence-electron chi connectivity index (χ0n) is 13.1. The summed E-state index contributed by atoms with van der Waals surface area (Å²) >= 11 is 0. The third-order valence-corrected chi connectivity index (χ3v) is 4.93. The molecule has 2 aliphatic heterocycles. The van der Waals surface area contributed by atoms with Crippen molar-refractivity contribution in [3.63, 3.8) is 0 Å². The molecule has 0 bridgehead atoms. The highest BCUT2D eigenvalue weighted by Gasteiger charge is 2.27. The molecule has 5 nitrogen and oxygen atoms in total. The molecule has 4 rings (SSSR count). The van der Waals surface area contributed by atoms with Gasteiger partial charge < -0.3 is 10.2 Å².